The largest absolute Gasteiger partial charge is 0.497 e. The Balaban J connectivity index is 1.80. The summed E-state index contributed by atoms with van der Waals surface area (Å²) in [5.74, 6) is 0.430. The number of amides is 2. The lowest BCUT2D eigenvalue weighted by atomic mass is 10.2. The molecule has 1 saturated heterocycles. The van der Waals surface area contributed by atoms with Crippen LogP contribution in [0.15, 0.2) is 53.4 Å². The van der Waals surface area contributed by atoms with Crippen LogP contribution in [0, 0.1) is 0 Å². The number of halogens is 1. The van der Waals surface area contributed by atoms with Crippen molar-refractivity contribution in [3.05, 3.63) is 69.6 Å². The molecule has 24 heavy (non-hydrogen) atoms. The Hall–Kier alpha value is -2.24. The van der Waals surface area contributed by atoms with Gasteiger partial charge in [-0.1, -0.05) is 41.9 Å². The molecule has 1 heterocycles. The molecule has 0 saturated carbocycles. The molecule has 2 aromatic carbocycles. The van der Waals surface area contributed by atoms with Crippen molar-refractivity contribution in [2.75, 3.05) is 7.11 Å². The van der Waals surface area contributed by atoms with E-state index in [1.54, 1.807) is 37.5 Å². The van der Waals surface area contributed by atoms with E-state index in [9.17, 15) is 9.59 Å². The van der Waals surface area contributed by atoms with Gasteiger partial charge in [-0.2, -0.15) is 0 Å². The maximum Gasteiger partial charge on any atom is 0.293 e. The minimum atomic E-state index is -0.305. The third kappa shape index (κ3) is 3.47. The van der Waals surface area contributed by atoms with Gasteiger partial charge >= 0.3 is 0 Å². The molecule has 0 unspecified atom stereocenters. The Morgan fingerprint density at radius 2 is 1.83 bits per heavy atom. The van der Waals surface area contributed by atoms with Crippen LogP contribution in [0.4, 0.5) is 4.79 Å². The second-order valence-corrected chi connectivity index (χ2v) is 6.53. The molecule has 0 spiro atoms. The molecule has 0 atom stereocenters. The highest BCUT2D eigenvalue weighted by Crippen LogP contribution is 2.34. The first-order valence-corrected chi connectivity index (χ1v) is 8.41. The van der Waals surface area contributed by atoms with Crippen molar-refractivity contribution in [3.63, 3.8) is 0 Å². The lowest BCUT2D eigenvalue weighted by molar-refractivity contribution is -0.123. The van der Waals surface area contributed by atoms with Crippen LogP contribution in [-0.4, -0.2) is 23.2 Å². The fourth-order valence-corrected chi connectivity index (χ4v) is 3.32. The lowest BCUT2D eigenvalue weighted by Crippen LogP contribution is -2.27. The number of carbonyl (C=O) groups excluding carboxylic acids is 2. The molecular weight excluding hydrogens is 346 g/mol. The minimum Gasteiger partial charge on any atom is -0.497 e. The van der Waals surface area contributed by atoms with Crippen molar-refractivity contribution in [1.29, 1.82) is 0 Å². The Morgan fingerprint density at radius 1 is 1.12 bits per heavy atom. The first-order chi connectivity index (χ1) is 11.6. The number of nitrogens with zero attached hydrogens (tertiary/aromatic N) is 1. The van der Waals surface area contributed by atoms with Gasteiger partial charge in [0.1, 0.15) is 5.75 Å². The monoisotopic (exact) mass is 359 g/mol. The smallest absolute Gasteiger partial charge is 0.293 e. The van der Waals surface area contributed by atoms with Gasteiger partial charge in [-0.25, -0.2) is 0 Å². The van der Waals surface area contributed by atoms with Gasteiger partial charge in [0.2, 0.25) is 0 Å². The molecule has 1 fully saturated rings. The summed E-state index contributed by atoms with van der Waals surface area (Å²) in [7, 11) is 1.59. The molecule has 6 heteroatoms. The molecule has 1 aliphatic rings. The van der Waals surface area contributed by atoms with Crippen molar-refractivity contribution in [2.45, 2.75) is 6.54 Å². The van der Waals surface area contributed by atoms with E-state index in [2.05, 4.69) is 0 Å². The third-order valence-electron chi connectivity index (χ3n) is 3.57. The normalized spacial score (nSPS) is 16.1. The molecule has 2 aromatic rings. The molecule has 0 aliphatic carbocycles. The maximum absolute atomic E-state index is 12.5. The van der Waals surface area contributed by atoms with Gasteiger partial charge in [0.15, 0.2) is 0 Å². The van der Waals surface area contributed by atoms with Crippen LogP contribution in [0.5, 0.6) is 5.75 Å². The predicted octanol–water partition coefficient (Wildman–Crippen LogP) is 4.59. The first kappa shape index (κ1) is 16.6. The zero-order valence-electron chi connectivity index (χ0n) is 12.9. The maximum atomic E-state index is 12.5. The molecule has 4 nitrogen and oxygen atoms in total. The fraction of sp³-hybridized carbons (Fsp3) is 0.111. The highest BCUT2D eigenvalue weighted by Gasteiger charge is 2.35. The number of hydrogen-bond donors (Lipinski definition) is 0. The molecule has 0 aromatic heterocycles. The molecular formula is C18H14ClNO3S. The standard InChI is InChI=1S/C18H14ClNO3S/c1-23-14-8-6-12(7-9-14)10-16-17(21)20(18(22)24-16)11-13-4-2-3-5-15(13)19/h2-10H,11H2,1H3/b16-10+. The van der Waals surface area contributed by atoms with Gasteiger partial charge in [0.05, 0.1) is 18.6 Å². The zero-order chi connectivity index (χ0) is 17.1. The Bertz CT molecular complexity index is 817. The van der Waals surface area contributed by atoms with Crippen molar-refractivity contribution in [3.8, 4) is 5.75 Å². The fourth-order valence-electron chi connectivity index (χ4n) is 2.28. The lowest BCUT2D eigenvalue weighted by Gasteiger charge is -2.13. The average Bonchev–Trinajstić information content (AvgIpc) is 2.85. The van der Waals surface area contributed by atoms with Crippen molar-refractivity contribution >= 4 is 40.6 Å². The van der Waals surface area contributed by atoms with Crippen molar-refractivity contribution < 1.29 is 14.3 Å². The zero-order valence-corrected chi connectivity index (χ0v) is 14.4. The molecule has 2 amide bonds. The second kappa shape index (κ2) is 7.11. The van der Waals surface area contributed by atoms with Gasteiger partial charge in [0.25, 0.3) is 11.1 Å². The predicted molar refractivity (Wildman–Crippen MR) is 96.0 cm³/mol. The van der Waals surface area contributed by atoms with Crippen LogP contribution in [0.2, 0.25) is 5.02 Å². The molecule has 0 N–H and O–H groups in total. The van der Waals surface area contributed by atoms with Crippen molar-refractivity contribution in [1.82, 2.24) is 4.90 Å². The van der Waals surface area contributed by atoms with Crippen LogP contribution in [-0.2, 0) is 11.3 Å². The highest BCUT2D eigenvalue weighted by atomic mass is 35.5. The topological polar surface area (TPSA) is 46.6 Å². The van der Waals surface area contributed by atoms with Crippen LogP contribution in [0.3, 0.4) is 0 Å². The van der Waals surface area contributed by atoms with Crippen LogP contribution >= 0.6 is 23.4 Å². The van der Waals surface area contributed by atoms with E-state index >= 15 is 0 Å². The Labute approximate surface area is 149 Å². The number of thioether (sulfide) groups is 1. The third-order valence-corrected chi connectivity index (χ3v) is 4.85. The number of imide groups is 1. The van der Waals surface area contributed by atoms with Crippen molar-refractivity contribution in [2.24, 2.45) is 0 Å². The molecule has 0 radical (unpaired) electrons. The van der Waals surface area contributed by atoms with Gasteiger partial charge in [0, 0.05) is 5.02 Å². The first-order valence-electron chi connectivity index (χ1n) is 7.21. The van der Waals surface area contributed by atoms with E-state index in [0.29, 0.717) is 9.93 Å². The summed E-state index contributed by atoms with van der Waals surface area (Å²) in [5.41, 5.74) is 1.58. The van der Waals surface area contributed by atoms with E-state index in [1.165, 1.54) is 4.90 Å². The molecule has 0 bridgehead atoms. The summed E-state index contributed by atoms with van der Waals surface area (Å²) in [6, 6.07) is 14.5. The Kier molecular flexibility index (Phi) is 4.92. The summed E-state index contributed by atoms with van der Waals surface area (Å²) in [6.07, 6.45) is 1.71. The summed E-state index contributed by atoms with van der Waals surface area (Å²) >= 11 is 7.05. The number of rotatable bonds is 4. The van der Waals surface area contributed by atoms with E-state index in [0.717, 1.165) is 28.6 Å². The van der Waals surface area contributed by atoms with Crippen LogP contribution < -0.4 is 4.74 Å². The second-order valence-electron chi connectivity index (χ2n) is 5.13. The van der Waals surface area contributed by atoms with E-state index < -0.39 is 0 Å². The molecule has 122 valence electrons. The highest BCUT2D eigenvalue weighted by molar-refractivity contribution is 8.18. The number of hydrogen-bond acceptors (Lipinski definition) is 4. The number of benzene rings is 2. The van der Waals surface area contributed by atoms with E-state index in [1.807, 2.05) is 24.3 Å². The number of ether oxygens (including phenoxy) is 1. The summed E-state index contributed by atoms with van der Waals surface area (Å²) in [6.45, 7) is 0.171. The van der Waals surface area contributed by atoms with Crippen LogP contribution in [0.1, 0.15) is 11.1 Å². The minimum absolute atomic E-state index is 0.171. The summed E-state index contributed by atoms with van der Waals surface area (Å²) in [5, 5.41) is 0.246. The van der Waals surface area contributed by atoms with Gasteiger partial charge in [-0.15, -0.1) is 0 Å². The van der Waals surface area contributed by atoms with E-state index in [4.69, 9.17) is 16.3 Å². The average molecular weight is 360 g/mol. The molecule has 3 rings (SSSR count). The SMILES string of the molecule is COc1ccc(/C=C2/SC(=O)N(Cc3ccccc3Cl)C2=O)cc1. The van der Waals surface area contributed by atoms with Gasteiger partial charge < -0.3 is 4.74 Å². The quantitative estimate of drug-likeness (QED) is 0.749. The summed E-state index contributed by atoms with van der Waals surface area (Å²) in [4.78, 5) is 26.3. The van der Waals surface area contributed by atoms with Gasteiger partial charge in [-0.3, -0.25) is 14.5 Å². The van der Waals surface area contributed by atoms with Crippen LogP contribution in [0.25, 0.3) is 6.08 Å². The molecule has 1 aliphatic heterocycles. The number of carbonyl (C=O) groups is 2. The number of methoxy groups -OCH3 is 1. The Morgan fingerprint density at radius 3 is 2.50 bits per heavy atom. The summed E-state index contributed by atoms with van der Waals surface area (Å²) < 4.78 is 5.10. The van der Waals surface area contributed by atoms with Gasteiger partial charge in [-0.05, 0) is 47.2 Å². The van der Waals surface area contributed by atoms with E-state index in [-0.39, 0.29) is 17.7 Å².